The van der Waals surface area contributed by atoms with Gasteiger partial charge in [0, 0.05) is 24.2 Å². The number of likely N-dealkylation sites (tertiary alicyclic amines) is 1. The zero-order valence-corrected chi connectivity index (χ0v) is 12.3. The fraction of sp³-hybridized carbons (Fsp3) is 0.375. The van der Waals surface area contributed by atoms with E-state index in [1.54, 1.807) is 0 Å². The van der Waals surface area contributed by atoms with E-state index in [1.165, 1.54) is 19.4 Å². The first-order valence-electron chi connectivity index (χ1n) is 6.99. The standard InChI is InChI=1S/C16H18ClN3/c1-20-8-4-5-12(11-20)15-9-19-16(10-18-15)13-6-2-3-7-14(13)17/h2-3,6-7,9-10,12H,4-5,8,11H2,1H3/t12-/m1/s1. The highest BCUT2D eigenvalue weighted by atomic mass is 35.5. The van der Waals surface area contributed by atoms with Gasteiger partial charge in [0.05, 0.1) is 22.6 Å². The lowest BCUT2D eigenvalue weighted by molar-refractivity contribution is 0.248. The van der Waals surface area contributed by atoms with Crippen LogP contribution in [0.3, 0.4) is 0 Å². The minimum atomic E-state index is 0.501. The van der Waals surface area contributed by atoms with E-state index in [0.717, 1.165) is 23.5 Å². The lowest BCUT2D eigenvalue weighted by atomic mass is 9.95. The molecular weight excluding hydrogens is 270 g/mol. The minimum absolute atomic E-state index is 0.501. The molecule has 1 fully saturated rings. The van der Waals surface area contributed by atoms with E-state index < -0.39 is 0 Å². The second-order valence-electron chi connectivity index (χ2n) is 5.41. The molecule has 1 aliphatic heterocycles. The van der Waals surface area contributed by atoms with Crippen LogP contribution in [0, 0.1) is 0 Å². The van der Waals surface area contributed by atoms with Crippen molar-refractivity contribution in [2.45, 2.75) is 18.8 Å². The number of hydrogen-bond acceptors (Lipinski definition) is 3. The molecule has 3 nitrogen and oxygen atoms in total. The molecule has 3 rings (SSSR count). The van der Waals surface area contributed by atoms with Gasteiger partial charge in [-0.2, -0.15) is 0 Å². The second-order valence-corrected chi connectivity index (χ2v) is 5.81. The summed E-state index contributed by atoms with van der Waals surface area (Å²) in [7, 11) is 2.16. The Morgan fingerprint density at radius 1 is 1.20 bits per heavy atom. The summed E-state index contributed by atoms with van der Waals surface area (Å²) in [5.41, 5.74) is 2.87. The minimum Gasteiger partial charge on any atom is -0.306 e. The van der Waals surface area contributed by atoms with Gasteiger partial charge in [-0.25, -0.2) is 0 Å². The van der Waals surface area contributed by atoms with Crippen LogP contribution in [0.2, 0.25) is 5.02 Å². The molecule has 1 aliphatic rings. The fourth-order valence-corrected chi connectivity index (χ4v) is 3.00. The summed E-state index contributed by atoms with van der Waals surface area (Å²) in [6.45, 7) is 2.25. The molecule has 0 N–H and O–H groups in total. The Labute approximate surface area is 124 Å². The van der Waals surface area contributed by atoms with Crippen molar-refractivity contribution in [3.63, 3.8) is 0 Å². The van der Waals surface area contributed by atoms with Gasteiger partial charge >= 0.3 is 0 Å². The van der Waals surface area contributed by atoms with Crippen molar-refractivity contribution < 1.29 is 0 Å². The van der Waals surface area contributed by atoms with Crippen LogP contribution in [-0.2, 0) is 0 Å². The average molecular weight is 288 g/mol. The number of hydrogen-bond donors (Lipinski definition) is 0. The van der Waals surface area contributed by atoms with Crippen LogP contribution in [0.25, 0.3) is 11.3 Å². The van der Waals surface area contributed by atoms with Crippen molar-refractivity contribution in [3.05, 3.63) is 47.4 Å². The lowest BCUT2D eigenvalue weighted by Gasteiger charge is -2.29. The van der Waals surface area contributed by atoms with Crippen LogP contribution < -0.4 is 0 Å². The molecule has 0 bridgehead atoms. The van der Waals surface area contributed by atoms with Crippen molar-refractivity contribution in [2.24, 2.45) is 0 Å². The van der Waals surface area contributed by atoms with Gasteiger partial charge in [0.1, 0.15) is 0 Å². The molecule has 0 aliphatic carbocycles. The molecule has 1 atom stereocenters. The monoisotopic (exact) mass is 287 g/mol. The zero-order valence-electron chi connectivity index (χ0n) is 11.6. The van der Waals surface area contributed by atoms with E-state index >= 15 is 0 Å². The third-order valence-corrected chi connectivity index (χ3v) is 4.19. The number of piperidine rings is 1. The number of benzene rings is 1. The molecule has 1 saturated heterocycles. The molecule has 1 aromatic carbocycles. The SMILES string of the molecule is CN1CCC[C@@H](c2cnc(-c3ccccc3Cl)cn2)C1. The Kier molecular flexibility index (Phi) is 3.99. The first kappa shape index (κ1) is 13.5. The van der Waals surface area contributed by atoms with Gasteiger partial charge in [-0.3, -0.25) is 9.97 Å². The predicted molar refractivity (Wildman–Crippen MR) is 82.0 cm³/mol. The third kappa shape index (κ3) is 2.84. The molecule has 0 amide bonds. The highest BCUT2D eigenvalue weighted by molar-refractivity contribution is 6.33. The van der Waals surface area contributed by atoms with Crippen LogP contribution >= 0.6 is 11.6 Å². The Balaban J connectivity index is 1.83. The van der Waals surface area contributed by atoms with Crippen LogP contribution in [0.15, 0.2) is 36.7 Å². The van der Waals surface area contributed by atoms with Crippen molar-refractivity contribution in [1.29, 1.82) is 0 Å². The summed E-state index contributed by atoms with van der Waals surface area (Å²) in [4.78, 5) is 11.5. The summed E-state index contributed by atoms with van der Waals surface area (Å²) in [5, 5.41) is 0.715. The Morgan fingerprint density at radius 3 is 2.75 bits per heavy atom. The number of halogens is 1. The maximum Gasteiger partial charge on any atom is 0.0900 e. The molecule has 0 unspecified atom stereocenters. The molecule has 20 heavy (non-hydrogen) atoms. The number of likely N-dealkylation sites (N-methyl/N-ethyl adjacent to an activating group) is 1. The average Bonchev–Trinajstić information content (AvgIpc) is 2.48. The topological polar surface area (TPSA) is 29.0 Å². The summed E-state index contributed by atoms with van der Waals surface area (Å²) in [5.74, 6) is 0.501. The molecular formula is C16H18ClN3. The molecule has 0 spiro atoms. The first-order valence-corrected chi connectivity index (χ1v) is 7.37. The van der Waals surface area contributed by atoms with E-state index in [2.05, 4.69) is 21.9 Å². The zero-order chi connectivity index (χ0) is 13.9. The van der Waals surface area contributed by atoms with Gasteiger partial charge in [-0.1, -0.05) is 29.8 Å². The lowest BCUT2D eigenvalue weighted by Crippen LogP contribution is -2.31. The summed E-state index contributed by atoms with van der Waals surface area (Å²) < 4.78 is 0. The molecule has 104 valence electrons. The van der Waals surface area contributed by atoms with Crippen molar-refractivity contribution in [2.75, 3.05) is 20.1 Å². The summed E-state index contributed by atoms with van der Waals surface area (Å²) in [6, 6.07) is 7.74. The van der Waals surface area contributed by atoms with E-state index in [1.807, 2.05) is 36.7 Å². The van der Waals surface area contributed by atoms with E-state index in [0.29, 0.717) is 10.9 Å². The number of nitrogens with zero attached hydrogens (tertiary/aromatic N) is 3. The van der Waals surface area contributed by atoms with Crippen LogP contribution in [-0.4, -0.2) is 35.0 Å². The normalized spacial score (nSPS) is 20.0. The molecule has 2 heterocycles. The van der Waals surface area contributed by atoms with Gasteiger partial charge in [-0.15, -0.1) is 0 Å². The Bertz CT molecular complexity index is 583. The Hall–Kier alpha value is -1.45. The van der Waals surface area contributed by atoms with Gasteiger partial charge in [0.2, 0.25) is 0 Å². The number of rotatable bonds is 2. The molecule has 4 heteroatoms. The van der Waals surface area contributed by atoms with Gasteiger partial charge in [-0.05, 0) is 32.5 Å². The van der Waals surface area contributed by atoms with Gasteiger partial charge in [0.25, 0.3) is 0 Å². The quantitative estimate of drug-likeness (QED) is 0.845. The fourth-order valence-electron chi connectivity index (χ4n) is 2.76. The molecule has 0 saturated carbocycles. The van der Waals surface area contributed by atoms with Crippen molar-refractivity contribution >= 4 is 11.6 Å². The van der Waals surface area contributed by atoms with Crippen LogP contribution in [0.1, 0.15) is 24.5 Å². The highest BCUT2D eigenvalue weighted by Gasteiger charge is 2.20. The second kappa shape index (κ2) is 5.90. The smallest absolute Gasteiger partial charge is 0.0900 e. The maximum absolute atomic E-state index is 6.19. The summed E-state index contributed by atoms with van der Waals surface area (Å²) >= 11 is 6.19. The first-order chi connectivity index (χ1) is 9.74. The van der Waals surface area contributed by atoms with E-state index in [9.17, 15) is 0 Å². The van der Waals surface area contributed by atoms with Crippen molar-refractivity contribution in [3.8, 4) is 11.3 Å². The van der Waals surface area contributed by atoms with Gasteiger partial charge < -0.3 is 4.90 Å². The van der Waals surface area contributed by atoms with E-state index in [-0.39, 0.29) is 0 Å². The van der Waals surface area contributed by atoms with Gasteiger partial charge in [0.15, 0.2) is 0 Å². The largest absolute Gasteiger partial charge is 0.306 e. The van der Waals surface area contributed by atoms with Crippen LogP contribution in [0.5, 0.6) is 0 Å². The predicted octanol–water partition coefficient (Wildman–Crippen LogP) is 3.61. The highest BCUT2D eigenvalue weighted by Crippen LogP contribution is 2.28. The Morgan fingerprint density at radius 2 is 2.05 bits per heavy atom. The van der Waals surface area contributed by atoms with E-state index in [4.69, 9.17) is 11.6 Å². The third-order valence-electron chi connectivity index (χ3n) is 3.86. The molecule has 0 radical (unpaired) electrons. The molecule has 1 aromatic heterocycles. The van der Waals surface area contributed by atoms with Crippen LogP contribution in [0.4, 0.5) is 0 Å². The molecule has 2 aromatic rings. The summed E-state index contributed by atoms with van der Waals surface area (Å²) in [6.07, 6.45) is 6.17. The number of aromatic nitrogens is 2. The maximum atomic E-state index is 6.19. The van der Waals surface area contributed by atoms with Crippen molar-refractivity contribution in [1.82, 2.24) is 14.9 Å².